The summed E-state index contributed by atoms with van der Waals surface area (Å²) in [6.07, 6.45) is 4.64. The zero-order valence-corrected chi connectivity index (χ0v) is 13.4. The molecule has 0 aromatic carbocycles. The van der Waals surface area contributed by atoms with E-state index in [4.69, 9.17) is 4.42 Å². The summed E-state index contributed by atoms with van der Waals surface area (Å²) >= 11 is 0. The first-order valence-corrected chi connectivity index (χ1v) is 9.03. The molecule has 1 aromatic rings. The highest BCUT2D eigenvalue weighted by atomic mass is 32.2. The van der Waals surface area contributed by atoms with Gasteiger partial charge >= 0.3 is 0 Å². The molecular weight excluding hydrogens is 290 g/mol. The van der Waals surface area contributed by atoms with Crippen LogP contribution in [-0.2, 0) is 16.8 Å². The average Bonchev–Trinajstić information content (AvgIpc) is 2.99. The van der Waals surface area contributed by atoms with E-state index in [2.05, 4.69) is 17.0 Å². The predicted octanol–water partition coefficient (Wildman–Crippen LogP) is 1.33. The van der Waals surface area contributed by atoms with E-state index in [1.807, 2.05) is 0 Å². The Bertz CT molecular complexity index is 502. The molecular formula is C14H25N3O3S. The van der Waals surface area contributed by atoms with Gasteiger partial charge in [0.05, 0.1) is 12.8 Å². The van der Waals surface area contributed by atoms with Gasteiger partial charge in [-0.15, -0.1) is 0 Å². The zero-order chi connectivity index (χ0) is 15.1. The number of hydrogen-bond acceptors (Lipinski definition) is 4. The highest BCUT2D eigenvalue weighted by molar-refractivity contribution is 7.87. The zero-order valence-electron chi connectivity index (χ0n) is 12.5. The van der Waals surface area contributed by atoms with Crippen LogP contribution in [-0.4, -0.2) is 38.9 Å². The second kappa shape index (κ2) is 7.93. The molecule has 7 heteroatoms. The quantitative estimate of drug-likeness (QED) is 0.710. The maximum atomic E-state index is 12.3. The molecule has 1 aliphatic heterocycles. The van der Waals surface area contributed by atoms with E-state index in [0.29, 0.717) is 24.8 Å². The lowest BCUT2D eigenvalue weighted by atomic mass is 10.00. The number of furan rings is 1. The molecule has 21 heavy (non-hydrogen) atoms. The molecule has 120 valence electrons. The van der Waals surface area contributed by atoms with Crippen molar-refractivity contribution >= 4 is 10.2 Å². The van der Waals surface area contributed by atoms with Crippen molar-refractivity contribution in [3.8, 4) is 0 Å². The normalized spacial score (nSPS) is 20.7. The molecule has 2 heterocycles. The monoisotopic (exact) mass is 315 g/mol. The van der Waals surface area contributed by atoms with Crippen molar-refractivity contribution in [2.45, 2.75) is 32.7 Å². The number of nitrogens with zero attached hydrogens (tertiary/aromatic N) is 1. The number of rotatable bonds is 8. The third-order valence-corrected chi connectivity index (χ3v) is 5.21. The Morgan fingerprint density at radius 2 is 2.33 bits per heavy atom. The van der Waals surface area contributed by atoms with E-state index in [-0.39, 0.29) is 6.54 Å². The molecule has 0 bridgehead atoms. The topological polar surface area (TPSA) is 74.6 Å². The first kappa shape index (κ1) is 16.5. The minimum Gasteiger partial charge on any atom is -0.468 e. The molecule has 0 radical (unpaired) electrons. The Morgan fingerprint density at radius 3 is 3.05 bits per heavy atom. The summed E-state index contributed by atoms with van der Waals surface area (Å²) < 4.78 is 33.9. The third-order valence-electron chi connectivity index (χ3n) is 3.69. The van der Waals surface area contributed by atoms with Gasteiger partial charge in [-0.25, -0.2) is 0 Å². The summed E-state index contributed by atoms with van der Waals surface area (Å²) in [5.74, 6) is 1.02. The fraction of sp³-hybridized carbons (Fsp3) is 0.714. The van der Waals surface area contributed by atoms with E-state index in [1.165, 1.54) is 0 Å². The minimum absolute atomic E-state index is 0.199. The van der Waals surface area contributed by atoms with Crippen LogP contribution >= 0.6 is 0 Å². The van der Waals surface area contributed by atoms with Gasteiger partial charge < -0.3 is 9.73 Å². The predicted molar refractivity (Wildman–Crippen MR) is 81.9 cm³/mol. The Labute approximate surface area is 127 Å². The van der Waals surface area contributed by atoms with Gasteiger partial charge in [-0.1, -0.05) is 6.92 Å². The van der Waals surface area contributed by atoms with Crippen LogP contribution in [0.4, 0.5) is 0 Å². The summed E-state index contributed by atoms with van der Waals surface area (Å²) in [6.45, 7) is 5.38. The van der Waals surface area contributed by atoms with E-state index < -0.39 is 10.2 Å². The third kappa shape index (κ3) is 5.10. The van der Waals surface area contributed by atoms with Crippen LogP contribution < -0.4 is 10.0 Å². The van der Waals surface area contributed by atoms with Gasteiger partial charge in [0.2, 0.25) is 0 Å². The summed E-state index contributed by atoms with van der Waals surface area (Å²) in [6, 6.07) is 3.51. The van der Waals surface area contributed by atoms with E-state index in [1.54, 1.807) is 22.7 Å². The lowest BCUT2D eigenvalue weighted by molar-refractivity contribution is 0.257. The Morgan fingerprint density at radius 1 is 1.48 bits per heavy atom. The van der Waals surface area contributed by atoms with Gasteiger partial charge in [0, 0.05) is 13.1 Å². The molecule has 2 N–H and O–H groups in total. The van der Waals surface area contributed by atoms with Crippen LogP contribution in [0, 0.1) is 5.92 Å². The summed E-state index contributed by atoms with van der Waals surface area (Å²) in [5.41, 5.74) is 0. The van der Waals surface area contributed by atoms with E-state index in [9.17, 15) is 8.42 Å². The molecule has 0 aliphatic carbocycles. The van der Waals surface area contributed by atoms with E-state index >= 15 is 0 Å². The standard InChI is InChI=1S/C14H25N3O3S/c1-2-7-15-10-13-5-3-8-17(12-13)21(18,19)16-11-14-6-4-9-20-14/h4,6,9,13,15-16H,2-3,5,7-8,10-12H2,1H3. The fourth-order valence-electron chi connectivity index (χ4n) is 2.56. The molecule has 1 atom stereocenters. The lowest BCUT2D eigenvalue weighted by Gasteiger charge is -2.32. The second-order valence-corrected chi connectivity index (χ2v) is 7.23. The van der Waals surface area contributed by atoms with Crippen molar-refractivity contribution < 1.29 is 12.8 Å². The van der Waals surface area contributed by atoms with Crippen molar-refractivity contribution in [2.75, 3.05) is 26.2 Å². The Kier molecular flexibility index (Phi) is 6.22. The molecule has 0 amide bonds. The van der Waals surface area contributed by atoms with Gasteiger partial charge in [0.25, 0.3) is 10.2 Å². The van der Waals surface area contributed by atoms with Gasteiger partial charge in [0.1, 0.15) is 5.76 Å². The van der Waals surface area contributed by atoms with Gasteiger partial charge in [-0.3, -0.25) is 0 Å². The highest BCUT2D eigenvalue weighted by Gasteiger charge is 2.28. The molecule has 0 saturated carbocycles. The lowest BCUT2D eigenvalue weighted by Crippen LogP contribution is -2.47. The Hall–Kier alpha value is -0.890. The van der Waals surface area contributed by atoms with Gasteiger partial charge in [0.15, 0.2) is 0 Å². The summed E-state index contributed by atoms with van der Waals surface area (Å²) in [5, 5.41) is 3.37. The van der Waals surface area contributed by atoms with Crippen LogP contribution in [0.25, 0.3) is 0 Å². The number of hydrogen-bond donors (Lipinski definition) is 2. The van der Waals surface area contributed by atoms with Crippen molar-refractivity contribution in [3.05, 3.63) is 24.2 Å². The molecule has 1 aliphatic rings. The van der Waals surface area contributed by atoms with Crippen LogP contribution in [0.2, 0.25) is 0 Å². The smallest absolute Gasteiger partial charge is 0.279 e. The maximum absolute atomic E-state index is 12.3. The highest BCUT2D eigenvalue weighted by Crippen LogP contribution is 2.18. The number of piperidine rings is 1. The molecule has 1 fully saturated rings. The second-order valence-electron chi connectivity index (χ2n) is 5.48. The van der Waals surface area contributed by atoms with Crippen molar-refractivity contribution in [1.29, 1.82) is 0 Å². The van der Waals surface area contributed by atoms with Crippen LogP contribution in [0.5, 0.6) is 0 Å². The average molecular weight is 315 g/mol. The number of nitrogens with one attached hydrogen (secondary N) is 2. The van der Waals surface area contributed by atoms with Gasteiger partial charge in [-0.05, 0) is 50.4 Å². The van der Waals surface area contributed by atoms with Crippen LogP contribution in [0.3, 0.4) is 0 Å². The van der Waals surface area contributed by atoms with Gasteiger partial charge in [-0.2, -0.15) is 17.4 Å². The molecule has 1 saturated heterocycles. The first-order valence-electron chi connectivity index (χ1n) is 7.59. The van der Waals surface area contributed by atoms with Crippen molar-refractivity contribution in [2.24, 2.45) is 5.92 Å². The van der Waals surface area contributed by atoms with Crippen molar-refractivity contribution in [3.63, 3.8) is 0 Å². The molecule has 2 rings (SSSR count). The maximum Gasteiger partial charge on any atom is 0.279 e. The largest absolute Gasteiger partial charge is 0.468 e. The molecule has 0 spiro atoms. The minimum atomic E-state index is -3.43. The SMILES string of the molecule is CCCNCC1CCCN(S(=O)(=O)NCc2ccco2)C1. The molecule has 6 nitrogen and oxygen atoms in total. The Balaban J connectivity index is 1.83. The molecule has 1 unspecified atom stereocenters. The van der Waals surface area contributed by atoms with Crippen LogP contribution in [0.15, 0.2) is 22.8 Å². The van der Waals surface area contributed by atoms with Crippen molar-refractivity contribution in [1.82, 2.24) is 14.3 Å². The summed E-state index contributed by atoms with van der Waals surface area (Å²) in [4.78, 5) is 0. The molecule has 1 aromatic heterocycles. The summed E-state index contributed by atoms with van der Waals surface area (Å²) in [7, 11) is -3.43. The van der Waals surface area contributed by atoms with E-state index in [0.717, 1.165) is 32.4 Å². The fourth-order valence-corrected chi connectivity index (χ4v) is 3.85. The van der Waals surface area contributed by atoms with Crippen LogP contribution in [0.1, 0.15) is 31.9 Å². The first-order chi connectivity index (χ1) is 10.1.